The van der Waals surface area contributed by atoms with Gasteiger partial charge in [0, 0.05) is 11.0 Å². The summed E-state index contributed by atoms with van der Waals surface area (Å²) in [6.45, 7) is 0.00804. The molecule has 0 atom stereocenters. The number of aliphatic carboxylic acids is 1. The lowest BCUT2D eigenvalue weighted by molar-refractivity contribution is -0.136. The van der Waals surface area contributed by atoms with Gasteiger partial charge in [-0.3, -0.25) is 4.79 Å². The highest BCUT2D eigenvalue weighted by Crippen LogP contribution is 2.22. The molecule has 0 spiro atoms. The average molecular weight is 305 g/mol. The van der Waals surface area contributed by atoms with Gasteiger partial charge >= 0.3 is 12.0 Å². The van der Waals surface area contributed by atoms with Gasteiger partial charge in [-0.2, -0.15) is 0 Å². The molecule has 5 nitrogen and oxygen atoms in total. The van der Waals surface area contributed by atoms with Gasteiger partial charge in [0.2, 0.25) is 0 Å². The Balaban J connectivity index is 2.50. The molecular formula is C10H10BrFN2O3. The number of urea groups is 1. The molecule has 92 valence electrons. The molecule has 0 aliphatic heterocycles. The first kappa shape index (κ1) is 13.4. The molecular weight excluding hydrogens is 295 g/mol. The van der Waals surface area contributed by atoms with Crippen LogP contribution in [0.3, 0.4) is 0 Å². The molecule has 0 saturated heterocycles. The Hall–Kier alpha value is -1.63. The van der Waals surface area contributed by atoms with Crippen molar-refractivity contribution in [2.24, 2.45) is 0 Å². The van der Waals surface area contributed by atoms with E-state index >= 15 is 0 Å². The summed E-state index contributed by atoms with van der Waals surface area (Å²) in [5.41, 5.74) is 0.276. The molecule has 0 aromatic heterocycles. The molecule has 0 radical (unpaired) electrons. The van der Waals surface area contributed by atoms with Gasteiger partial charge < -0.3 is 15.7 Å². The number of carboxylic acid groups (broad SMARTS) is 1. The zero-order chi connectivity index (χ0) is 12.8. The maximum Gasteiger partial charge on any atom is 0.319 e. The Morgan fingerprint density at radius 1 is 1.41 bits per heavy atom. The molecule has 1 rings (SSSR count). The summed E-state index contributed by atoms with van der Waals surface area (Å²) in [6, 6.07) is 3.28. The number of hydrogen-bond donors (Lipinski definition) is 3. The minimum absolute atomic E-state index is 0.00804. The van der Waals surface area contributed by atoms with Crippen molar-refractivity contribution in [1.82, 2.24) is 5.32 Å². The molecule has 0 bridgehead atoms. The molecule has 0 aliphatic carbocycles. The lowest BCUT2D eigenvalue weighted by Gasteiger charge is -2.08. The summed E-state index contributed by atoms with van der Waals surface area (Å²) >= 11 is 3.15. The highest BCUT2D eigenvalue weighted by Gasteiger charge is 2.06. The number of anilines is 1. The SMILES string of the molecule is O=C(O)CCNC(=O)Nc1cc(F)ccc1Br. The van der Waals surface area contributed by atoms with Crippen LogP contribution < -0.4 is 10.6 Å². The Labute approximate surface area is 105 Å². The van der Waals surface area contributed by atoms with Crippen LogP contribution in [0.5, 0.6) is 0 Å². The van der Waals surface area contributed by atoms with Crippen LogP contribution >= 0.6 is 15.9 Å². The third-order valence-corrected chi connectivity index (χ3v) is 2.49. The summed E-state index contributed by atoms with van der Waals surface area (Å²) in [6.07, 6.45) is -0.169. The number of rotatable bonds is 4. The van der Waals surface area contributed by atoms with E-state index in [1.165, 1.54) is 12.1 Å². The summed E-state index contributed by atoms with van der Waals surface area (Å²) in [5, 5.41) is 13.1. The van der Waals surface area contributed by atoms with Gasteiger partial charge in [0.25, 0.3) is 0 Å². The smallest absolute Gasteiger partial charge is 0.319 e. The third-order valence-electron chi connectivity index (χ3n) is 1.80. The first-order valence-corrected chi connectivity index (χ1v) is 5.50. The van der Waals surface area contributed by atoms with Crippen molar-refractivity contribution in [3.63, 3.8) is 0 Å². The van der Waals surface area contributed by atoms with Gasteiger partial charge in [0.15, 0.2) is 0 Å². The number of carbonyl (C=O) groups excluding carboxylic acids is 1. The van der Waals surface area contributed by atoms with Gasteiger partial charge in [-0.25, -0.2) is 9.18 Å². The summed E-state index contributed by atoms with van der Waals surface area (Å²) < 4.78 is 13.4. The van der Waals surface area contributed by atoms with Crippen LogP contribution in [-0.2, 0) is 4.79 Å². The quantitative estimate of drug-likeness (QED) is 0.798. The van der Waals surface area contributed by atoms with Crippen molar-refractivity contribution < 1.29 is 19.1 Å². The summed E-state index contributed by atoms with van der Waals surface area (Å²) in [7, 11) is 0. The molecule has 2 amide bonds. The number of halogens is 2. The van der Waals surface area contributed by atoms with Crippen LogP contribution in [0.15, 0.2) is 22.7 Å². The predicted molar refractivity (Wildman–Crippen MR) is 63.4 cm³/mol. The van der Waals surface area contributed by atoms with Gasteiger partial charge in [0.05, 0.1) is 12.1 Å². The van der Waals surface area contributed by atoms with Gasteiger partial charge in [0.1, 0.15) is 5.82 Å². The zero-order valence-corrected chi connectivity index (χ0v) is 10.3. The summed E-state index contributed by atoms with van der Waals surface area (Å²) in [5.74, 6) is -1.48. The second-order valence-corrected chi connectivity index (χ2v) is 4.00. The monoisotopic (exact) mass is 304 g/mol. The Kier molecular flexibility index (Phi) is 4.89. The van der Waals surface area contributed by atoms with Crippen molar-refractivity contribution in [2.75, 3.05) is 11.9 Å². The first-order valence-electron chi connectivity index (χ1n) is 4.70. The van der Waals surface area contributed by atoms with E-state index in [4.69, 9.17) is 5.11 Å². The maximum atomic E-state index is 12.9. The van der Waals surface area contributed by atoms with Crippen LogP contribution in [0.25, 0.3) is 0 Å². The molecule has 17 heavy (non-hydrogen) atoms. The number of benzene rings is 1. The average Bonchev–Trinajstić information content (AvgIpc) is 2.23. The van der Waals surface area contributed by atoms with Crippen LogP contribution in [0.4, 0.5) is 14.9 Å². The van der Waals surface area contributed by atoms with Crippen molar-refractivity contribution in [3.05, 3.63) is 28.5 Å². The van der Waals surface area contributed by atoms with Gasteiger partial charge in [-0.05, 0) is 34.1 Å². The number of amides is 2. The van der Waals surface area contributed by atoms with E-state index in [1.807, 2.05) is 0 Å². The van der Waals surface area contributed by atoms with E-state index in [9.17, 15) is 14.0 Å². The van der Waals surface area contributed by atoms with E-state index in [-0.39, 0.29) is 18.7 Å². The number of hydrogen-bond acceptors (Lipinski definition) is 2. The van der Waals surface area contributed by atoms with Crippen molar-refractivity contribution >= 4 is 33.6 Å². The van der Waals surface area contributed by atoms with E-state index in [0.29, 0.717) is 4.47 Å². The Bertz CT molecular complexity index is 440. The molecule has 7 heteroatoms. The maximum absolute atomic E-state index is 12.9. The lowest BCUT2D eigenvalue weighted by Crippen LogP contribution is -2.30. The van der Waals surface area contributed by atoms with Crippen LogP contribution in [-0.4, -0.2) is 23.7 Å². The molecule has 1 aromatic carbocycles. The highest BCUT2D eigenvalue weighted by molar-refractivity contribution is 9.10. The molecule has 0 saturated carbocycles. The third kappa shape index (κ3) is 4.81. The lowest BCUT2D eigenvalue weighted by atomic mass is 10.3. The van der Waals surface area contributed by atoms with E-state index in [0.717, 1.165) is 6.07 Å². The normalized spacial score (nSPS) is 9.76. The molecule has 3 N–H and O–H groups in total. The Morgan fingerprint density at radius 3 is 2.76 bits per heavy atom. The molecule has 0 fully saturated rings. The minimum atomic E-state index is -1.00. The van der Waals surface area contributed by atoms with Crippen LogP contribution in [0.1, 0.15) is 6.42 Å². The van der Waals surface area contributed by atoms with Crippen LogP contribution in [0, 0.1) is 5.82 Å². The van der Waals surface area contributed by atoms with E-state index < -0.39 is 17.8 Å². The predicted octanol–water partition coefficient (Wildman–Crippen LogP) is 2.18. The van der Waals surface area contributed by atoms with E-state index in [2.05, 4.69) is 26.6 Å². The molecule has 0 aliphatic rings. The second kappa shape index (κ2) is 6.19. The zero-order valence-electron chi connectivity index (χ0n) is 8.67. The minimum Gasteiger partial charge on any atom is -0.481 e. The number of nitrogens with one attached hydrogen (secondary N) is 2. The number of carboxylic acids is 1. The first-order chi connectivity index (χ1) is 7.99. The number of carbonyl (C=O) groups is 2. The van der Waals surface area contributed by atoms with Crippen LogP contribution in [0.2, 0.25) is 0 Å². The molecule has 1 aromatic rings. The largest absolute Gasteiger partial charge is 0.481 e. The standard InChI is InChI=1S/C10H10BrFN2O3/c11-7-2-1-6(12)5-8(7)14-10(17)13-4-3-9(15)16/h1-2,5H,3-4H2,(H,15,16)(H2,13,14,17). The molecule has 0 heterocycles. The Morgan fingerprint density at radius 2 is 2.12 bits per heavy atom. The second-order valence-electron chi connectivity index (χ2n) is 3.15. The van der Waals surface area contributed by atoms with Crippen molar-refractivity contribution in [2.45, 2.75) is 6.42 Å². The fraction of sp³-hybridized carbons (Fsp3) is 0.200. The van der Waals surface area contributed by atoms with Gasteiger partial charge in [-0.15, -0.1) is 0 Å². The van der Waals surface area contributed by atoms with Gasteiger partial charge in [-0.1, -0.05) is 0 Å². The highest BCUT2D eigenvalue weighted by atomic mass is 79.9. The topological polar surface area (TPSA) is 78.4 Å². The molecule has 0 unspecified atom stereocenters. The fourth-order valence-corrected chi connectivity index (χ4v) is 1.39. The van der Waals surface area contributed by atoms with Crippen molar-refractivity contribution in [3.8, 4) is 0 Å². The fourth-order valence-electron chi connectivity index (χ4n) is 1.04. The van der Waals surface area contributed by atoms with E-state index in [1.54, 1.807) is 0 Å². The van der Waals surface area contributed by atoms with Crippen molar-refractivity contribution in [1.29, 1.82) is 0 Å². The summed E-state index contributed by atoms with van der Waals surface area (Å²) in [4.78, 5) is 21.5.